The lowest BCUT2D eigenvalue weighted by molar-refractivity contribution is -0.139. The SMILES string of the molecule is Cc1cccc2c1-c1ccc(F)c(c1)[C@H](CC(=O)O)NC(=O)[C@@H](n1cc(CCN3CC(F)C3)c(C(F)(F)F)cc1=O)c1cc(ccc1F)O2. The first-order valence-electron chi connectivity index (χ1n) is 15.3. The molecule has 2 aliphatic rings. The van der Waals surface area contributed by atoms with Crippen molar-refractivity contribution in [1.29, 1.82) is 0 Å². The van der Waals surface area contributed by atoms with Crippen LogP contribution in [-0.4, -0.2) is 52.3 Å². The van der Waals surface area contributed by atoms with E-state index < -0.39 is 76.6 Å². The molecule has 6 rings (SSSR count). The minimum atomic E-state index is -4.97. The van der Waals surface area contributed by atoms with Crippen LogP contribution < -0.4 is 15.6 Å². The Morgan fingerprint density at radius 3 is 2.41 bits per heavy atom. The minimum absolute atomic E-state index is 0.00321. The molecule has 3 aromatic carbocycles. The summed E-state index contributed by atoms with van der Waals surface area (Å²) in [6.45, 7) is 1.81. The lowest BCUT2D eigenvalue weighted by atomic mass is 9.94. The van der Waals surface area contributed by atoms with Gasteiger partial charge in [-0.05, 0) is 66.4 Å². The summed E-state index contributed by atoms with van der Waals surface area (Å²) in [6.07, 6.45) is -6.41. The number of aromatic nitrogens is 1. The molecular formula is C35H29F6N3O5. The third-order valence-electron chi connectivity index (χ3n) is 8.68. The summed E-state index contributed by atoms with van der Waals surface area (Å²) in [5.74, 6) is -4.29. The van der Waals surface area contributed by atoms with Crippen LogP contribution in [0.25, 0.3) is 11.1 Å². The first-order chi connectivity index (χ1) is 23.2. The number of alkyl halides is 4. The molecule has 0 radical (unpaired) electrons. The number of halogens is 6. The standard InChI is InChI=1S/C35H29F6N3O5/c1-18-3-2-4-29-32(18)19-5-7-26(37)23(11-19)28(14-31(46)47)42-34(48)33(24-12-22(49-29)6-8-27(24)38)44-15-20(9-10-43-16-21(36)17-43)25(13-30(44)45)35(39,40)41/h2-8,11-13,15,21,28,33H,9-10,14,16-17H2,1H3,(H,42,48)(H,46,47)/t28-,33-/m0/s1. The predicted molar refractivity (Wildman–Crippen MR) is 165 cm³/mol. The van der Waals surface area contributed by atoms with Gasteiger partial charge in [-0.1, -0.05) is 18.2 Å². The molecule has 1 saturated heterocycles. The zero-order valence-electron chi connectivity index (χ0n) is 25.9. The fourth-order valence-corrected chi connectivity index (χ4v) is 6.29. The number of hydrogen-bond acceptors (Lipinski definition) is 5. The second kappa shape index (κ2) is 13.1. The summed E-state index contributed by atoms with van der Waals surface area (Å²) in [6, 6.07) is 9.01. The fourth-order valence-electron chi connectivity index (χ4n) is 6.29. The summed E-state index contributed by atoms with van der Waals surface area (Å²) in [5, 5.41) is 12.2. The molecular weight excluding hydrogens is 656 g/mol. The summed E-state index contributed by atoms with van der Waals surface area (Å²) in [4.78, 5) is 41.2. The predicted octanol–water partition coefficient (Wildman–Crippen LogP) is 6.34. The lowest BCUT2D eigenvalue weighted by Crippen LogP contribution is -2.49. The molecule has 49 heavy (non-hydrogen) atoms. The van der Waals surface area contributed by atoms with Crippen molar-refractivity contribution in [2.45, 2.75) is 44.2 Å². The normalized spacial score (nSPS) is 18.2. The number of likely N-dealkylation sites (tertiary alicyclic amines) is 1. The first-order valence-corrected chi connectivity index (χ1v) is 15.3. The Kier molecular flexibility index (Phi) is 9.01. The van der Waals surface area contributed by atoms with Gasteiger partial charge in [0.25, 0.3) is 5.56 Å². The van der Waals surface area contributed by atoms with Crippen LogP contribution in [0.1, 0.15) is 46.3 Å². The zero-order chi connectivity index (χ0) is 35.2. The van der Waals surface area contributed by atoms with Crippen molar-refractivity contribution < 1.29 is 45.8 Å². The van der Waals surface area contributed by atoms with Crippen molar-refractivity contribution >= 4 is 11.9 Å². The summed E-state index contributed by atoms with van der Waals surface area (Å²) in [5.41, 5.74) is -2.13. The number of nitrogens with one attached hydrogen (secondary N) is 1. The van der Waals surface area contributed by atoms with E-state index in [-0.39, 0.29) is 43.1 Å². The van der Waals surface area contributed by atoms with E-state index in [1.165, 1.54) is 18.2 Å². The smallest absolute Gasteiger partial charge is 0.416 e. The van der Waals surface area contributed by atoms with Gasteiger partial charge in [-0.2, -0.15) is 13.2 Å². The molecule has 0 spiro atoms. The van der Waals surface area contributed by atoms with Crippen LogP contribution in [0.2, 0.25) is 0 Å². The van der Waals surface area contributed by atoms with E-state index >= 15 is 8.78 Å². The number of fused-ring (bicyclic) bond motifs is 6. The molecule has 3 heterocycles. The third kappa shape index (κ3) is 6.91. The Morgan fingerprint density at radius 2 is 1.71 bits per heavy atom. The Balaban J connectivity index is 1.56. The van der Waals surface area contributed by atoms with E-state index in [9.17, 15) is 37.1 Å². The van der Waals surface area contributed by atoms with Gasteiger partial charge in [-0.3, -0.25) is 23.9 Å². The number of carboxylic acids is 1. The molecule has 8 nitrogen and oxygen atoms in total. The van der Waals surface area contributed by atoms with Crippen LogP contribution in [0.5, 0.6) is 11.5 Å². The van der Waals surface area contributed by atoms with Gasteiger partial charge in [0.05, 0.1) is 18.0 Å². The van der Waals surface area contributed by atoms with Gasteiger partial charge < -0.3 is 15.2 Å². The average molecular weight is 686 g/mol. The van der Waals surface area contributed by atoms with Crippen LogP contribution >= 0.6 is 0 Å². The number of rotatable bonds is 6. The number of carboxylic acid groups (broad SMARTS) is 1. The highest BCUT2D eigenvalue weighted by atomic mass is 19.4. The molecule has 0 saturated carbocycles. The number of benzene rings is 3. The summed E-state index contributed by atoms with van der Waals surface area (Å²) in [7, 11) is 0. The molecule has 2 aliphatic heterocycles. The second-order valence-corrected chi connectivity index (χ2v) is 12.1. The van der Waals surface area contributed by atoms with Crippen LogP contribution in [0.3, 0.4) is 0 Å². The number of ether oxygens (including phenoxy) is 1. The molecule has 1 fully saturated rings. The minimum Gasteiger partial charge on any atom is -0.481 e. The van der Waals surface area contributed by atoms with Crippen molar-refractivity contribution in [3.05, 3.63) is 117 Å². The van der Waals surface area contributed by atoms with Crippen molar-refractivity contribution in [3.8, 4) is 22.6 Å². The molecule has 2 N–H and O–H groups in total. The van der Waals surface area contributed by atoms with Crippen molar-refractivity contribution in [2.75, 3.05) is 19.6 Å². The first kappa shape index (κ1) is 33.8. The maximum absolute atomic E-state index is 15.8. The van der Waals surface area contributed by atoms with Gasteiger partial charge in [0.2, 0.25) is 5.91 Å². The number of pyridine rings is 1. The molecule has 14 heteroatoms. The van der Waals surface area contributed by atoms with E-state index in [1.807, 2.05) is 0 Å². The maximum atomic E-state index is 15.8. The highest BCUT2D eigenvalue weighted by Gasteiger charge is 2.37. The second-order valence-electron chi connectivity index (χ2n) is 12.1. The zero-order valence-corrected chi connectivity index (χ0v) is 25.9. The molecule has 0 unspecified atom stereocenters. The van der Waals surface area contributed by atoms with E-state index in [4.69, 9.17) is 4.74 Å². The van der Waals surface area contributed by atoms with Gasteiger partial charge in [-0.25, -0.2) is 13.2 Å². The number of amides is 1. The van der Waals surface area contributed by atoms with E-state index in [2.05, 4.69) is 5.32 Å². The van der Waals surface area contributed by atoms with Crippen LogP contribution in [0.4, 0.5) is 26.3 Å². The van der Waals surface area contributed by atoms with Crippen LogP contribution in [-0.2, 0) is 22.2 Å². The Labute approximate surface area is 275 Å². The van der Waals surface area contributed by atoms with Gasteiger partial charge in [0, 0.05) is 48.6 Å². The van der Waals surface area contributed by atoms with Gasteiger partial charge in [0.15, 0.2) is 0 Å². The largest absolute Gasteiger partial charge is 0.481 e. The molecule has 4 bridgehead atoms. The van der Waals surface area contributed by atoms with Gasteiger partial charge >= 0.3 is 12.1 Å². The number of hydrogen-bond donors (Lipinski definition) is 2. The quantitative estimate of drug-likeness (QED) is 0.230. The topological polar surface area (TPSA) is 101 Å². The molecule has 1 aromatic heterocycles. The molecule has 2 atom stereocenters. The Hall–Kier alpha value is -5.11. The highest BCUT2D eigenvalue weighted by molar-refractivity contribution is 5.85. The van der Waals surface area contributed by atoms with E-state index in [1.54, 1.807) is 30.0 Å². The monoisotopic (exact) mass is 685 g/mol. The fraction of sp³-hybridized carbons (Fsp3) is 0.286. The number of aliphatic carboxylic acids is 1. The highest BCUT2D eigenvalue weighted by Crippen LogP contribution is 2.40. The van der Waals surface area contributed by atoms with E-state index in [0.717, 1.165) is 24.4 Å². The number of aryl methyl sites for hydroxylation is 1. The van der Waals surface area contributed by atoms with Crippen LogP contribution in [0.15, 0.2) is 71.7 Å². The molecule has 4 aromatic rings. The average Bonchev–Trinajstić information content (AvgIpc) is 3.01. The van der Waals surface area contributed by atoms with Crippen molar-refractivity contribution in [1.82, 2.24) is 14.8 Å². The number of carbonyl (C=O) groups excluding carboxylic acids is 1. The molecule has 1 amide bonds. The van der Waals surface area contributed by atoms with Crippen LogP contribution in [0, 0.1) is 18.6 Å². The van der Waals surface area contributed by atoms with Gasteiger partial charge in [0.1, 0.15) is 35.3 Å². The molecule has 256 valence electrons. The number of carbonyl (C=O) groups is 2. The Morgan fingerprint density at radius 1 is 1.00 bits per heavy atom. The summed E-state index contributed by atoms with van der Waals surface area (Å²) >= 11 is 0. The van der Waals surface area contributed by atoms with Crippen molar-refractivity contribution in [2.24, 2.45) is 0 Å². The van der Waals surface area contributed by atoms with Gasteiger partial charge in [-0.15, -0.1) is 0 Å². The summed E-state index contributed by atoms with van der Waals surface area (Å²) < 4.78 is 93.8. The Bertz CT molecular complexity index is 2010. The third-order valence-corrected chi connectivity index (χ3v) is 8.68. The lowest BCUT2D eigenvalue weighted by Gasteiger charge is -2.34. The maximum Gasteiger partial charge on any atom is 0.416 e. The number of nitrogens with zero attached hydrogens (tertiary/aromatic N) is 2. The van der Waals surface area contributed by atoms with Crippen molar-refractivity contribution in [3.63, 3.8) is 0 Å². The molecule has 0 aliphatic carbocycles. The van der Waals surface area contributed by atoms with E-state index in [0.29, 0.717) is 27.3 Å².